The van der Waals surface area contributed by atoms with Crippen LogP contribution in [-0.2, 0) is 4.79 Å². The molecule has 0 aliphatic heterocycles. The van der Waals surface area contributed by atoms with Crippen LogP contribution in [0.4, 0.5) is 0 Å². The first-order chi connectivity index (χ1) is 8.83. The number of benzene rings is 1. The topological polar surface area (TPSA) is 17.1 Å². The van der Waals surface area contributed by atoms with Crippen molar-refractivity contribution in [3.05, 3.63) is 42.0 Å². The molecule has 0 radical (unpaired) electrons. The molecule has 0 spiro atoms. The summed E-state index contributed by atoms with van der Waals surface area (Å²) < 4.78 is 0. The van der Waals surface area contributed by atoms with Crippen molar-refractivity contribution < 1.29 is 4.79 Å². The second-order valence-corrected chi connectivity index (χ2v) is 4.17. The van der Waals surface area contributed by atoms with Crippen LogP contribution in [0.1, 0.15) is 44.6 Å². The lowest BCUT2D eigenvalue weighted by Gasteiger charge is -1.96. The molecule has 0 amide bonds. The summed E-state index contributed by atoms with van der Waals surface area (Å²) in [5, 5.41) is 0. The lowest BCUT2D eigenvalue weighted by molar-refractivity contribution is -0.119. The summed E-state index contributed by atoms with van der Waals surface area (Å²) in [6.07, 6.45) is 8.10. The Morgan fingerprint density at radius 2 is 2.00 bits per heavy atom. The van der Waals surface area contributed by atoms with Crippen molar-refractivity contribution >= 4 is 11.9 Å². The van der Waals surface area contributed by atoms with Crippen LogP contribution in [-0.4, -0.2) is 5.78 Å². The average molecular weight is 240 g/mol. The third-order valence-electron chi connectivity index (χ3n) is 2.64. The summed E-state index contributed by atoms with van der Waals surface area (Å²) in [6.45, 7) is 1.80. The van der Waals surface area contributed by atoms with Gasteiger partial charge in [-0.3, -0.25) is 4.79 Å². The van der Waals surface area contributed by atoms with Crippen molar-refractivity contribution in [1.29, 1.82) is 0 Å². The minimum absolute atomic E-state index is 0.325. The smallest absolute Gasteiger partial charge is 0.133 e. The maximum Gasteiger partial charge on any atom is 0.133 e. The fourth-order valence-electron chi connectivity index (χ4n) is 1.65. The zero-order valence-corrected chi connectivity index (χ0v) is 11.0. The highest BCUT2D eigenvalue weighted by Gasteiger charge is 1.98. The monoisotopic (exact) mass is 240 g/mol. The fraction of sp³-hybridized carbons (Fsp3) is 0.353. The maximum atomic E-state index is 11.5. The molecule has 0 aromatic heterocycles. The third-order valence-corrected chi connectivity index (χ3v) is 2.64. The zero-order valence-electron chi connectivity index (χ0n) is 11.0. The lowest BCUT2D eigenvalue weighted by Crippen LogP contribution is -1.96. The molecule has 1 nitrogen and oxygen atoms in total. The van der Waals surface area contributed by atoms with Crippen LogP contribution in [0.5, 0.6) is 0 Å². The van der Waals surface area contributed by atoms with Crippen molar-refractivity contribution in [3.63, 3.8) is 0 Å². The summed E-state index contributed by atoms with van der Waals surface area (Å²) >= 11 is 0. The van der Waals surface area contributed by atoms with E-state index in [2.05, 4.69) is 36.1 Å². The molecule has 0 bridgehead atoms. The number of rotatable bonds is 7. The summed E-state index contributed by atoms with van der Waals surface area (Å²) in [7, 11) is 0. The molecule has 18 heavy (non-hydrogen) atoms. The van der Waals surface area contributed by atoms with Crippen molar-refractivity contribution in [2.75, 3.05) is 0 Å². The predicted octanol–water partition coefficient (Wildman–Crippen LogP) is 4.24. The van der Waals surface area contributed by atoms with E-state index in [4.69, 9.17) is 0 Å². The SMILES string of the molecule is CC#CCCC(=O)CCC/C=C/c1ccccc1. The van der Waals surface area contributed by atoms with Gasteiger partial charge in [-0.1, -0.05) is 42.5 Å². The first-order valence-corrected chi connectivity index (χ1v) is 6.46. The van der Waals surface area contributed by atoms with Gasteiger partial charge in [-0.25, -0.2) is 0 Å². The highest BCUT2D eigenvalue weighted by molar-refractivity contribution is 5.78. The first-order valence-electron chi connectivity index (χ1n) is 6.46. The maximum absolute atomic E-state index is 11.5. The van der Waals surface area contributed by atoms with E-state index in [1.807, 2.05) is 18.2 Å². The molecule has 0 saturated carbocycles. The predicted molar refractivity (Wildman–Crippen MR) is 77.0 cm³/mol. The van der Waals surface area contributed by atoms with Crippen LogP contribution in [0.2, 0.25) is 0 Å². The van der Waals surface area contributed by atoms with Gasteiger partial charge in [0.05, 0.1) is 0 Å². The van der Waals surface area contributed by atoms with Crippen LogP contribution in [0.3, 0.4) is 0 Å². The van der Waals surface area contributed by atoms with Crippen molar-refractivity contribution in [2.45, 2.75) is 39.0 Å². The standard InChI is InChI=1S/C17H20O/c1-2-3-6-14-17(18)15-10-5-9-13-16-11-7-4-8-12-16/h4,7-9,11-13H,5-6,10,14-15H2,1H3/b13-9+. The lowest BCUT2D eigenvalue weighted by atomic mass is 10.1. The second-order valence-electron chi connectivity index (χ2n) is 4.17. The second kappa shape index (κ2) is 9.24. The molecule has 1 rings (SSSR count). The molecular weight excluding hydrogens is 220 g/mol. The van der Waals surface area contributed by atoms with E-state index in [1.54, 1.807) is 6.92 Å². The largest absolute Gasteiger partial charge is 0.300 e. The van der Waals surface area contributed by atoms with Crippen molar-refractivity contribution in [3.8, 4) is 11.8 Å². The third kappa shape index (κ3) is 6.70. The number of allylic oxidation sites excluding steroid dienone is 1. The highest BCUT2D eigenvalue weighted by Crippen LogP contribution is 2.05. The molecule has 0 saturated heterocycles. The molecule has 0 aliphatic rings. The number of ketones is 1. The molecule has 0 unspecified atom stereocenters. The van der Waals surface area contributed by atoms with Crippen LogP contribution in [0.15, 0.2) is 36.4 Å². The van der Waals surface area contributed by atoms with Gasteiger partial charge in [0.1, 0.15) is 5.78 Å². The normalized spacial score (nSPS) is 10.1. The number of carbonyl (C=O) groups excluding carboxylic acids is 1. The van der Waals surface area contributed by atoms with E-state index >= 15 is 0 Å². The van der Waals surface area contributed by atoms with Gasteiger partial charge in [-0.05, 0) is 25.3 Å². The zero-order chi connectivity index (χ0) is 13.1. The van der Waals surface area contributed by atoms with Crippen molar-refractivity contribution in [2.24, 2.45) is 0 Å². The van der Waals surface area contributed by atoms with Crippen LogP contribution < -0.4 is 0 Å². The van der Waals surface area contributed by atoms with Gasteiger partial charge < -0.3 is 0 Å². The fourth-order valence-corrected chi connectivity index (χ4v) is 1.65. The number of hydrogen-bond acceptors (Lipinski definition) is 1. The summed E-state index contributed by atoms with van der Waals surface area (Å²) in [5.41, 5.74) is 1.21. The Kier molecular flexibility index (Phi) is 7.32. The van der Waals surface area contributed by atoms with Gasteiger partial charge in [0.25, 0.3) is 0 Å². The Bertz CT molecular complexity index is 432. The van der Waals surface area contributed by atoms with E-state index in [0.29, 0.717) is 25.0 Å². The Morgan fingerprint density at radius 1 is 1.22 bits per heavy atom. The van der Waals surface area contributed by atoms with Gasteiger partial charge in [-0.15, -0.1) is 11.8 Å². The minimum Gasteiger partial charge on any atom is -0.300 e. The van der Waals surface area contributed by atoms with Crippen molar-refractivity contribution in [1.82, 2.24) is 0 Å². The number of Topliss-reactive ketones (excluding diaryl/α,β-unsaturated/α-hetero) is 1. The number of carbonyl (C=O) groups is 1. The molecule has 0 atom stereocenters. The minimum atomic E-state index is 0.325. The van der Waals surface area contributed by atoms with E-state index in [-0.39, 0.29) is 0 Å². The Labute approximate surface area is 110 Å². The summed E-state index contributed by atoms with van der Waals surface area (Å²) in [6, 6.07) is 10.2. The molecular formula is C17H20O. The summed E-state index contributed by atoms with van der Waals surface area (Å²) in [4.78, 5) is 11.5. The molecule has 1 aromatic rings. The van der Waals surface area contributed by atoms with Crippen LogP contribution >= 0.6 is 0 Å². The Balaban J connectivity index is 2.12. The van der Waals surface area contributed by atoms with Gasteiger partial charge >= 0.3 is 0 Å². The van der Waals surface area contributed by atoms with E-state index in [1.165, 1.54) is 5.56 Å². The Hall–Kier alpha value is -1.81. The average Bonchev–Trinajstić information content (AvgIpc) is 2.40. The van der Waals surface area contributed by atoms with E-state index in [9.17, 15) is 4.79 Å². The van der Waals surface area contributed by atoms with Gasteiger partial charge in [0.2, 0.25) is 0 Å². The molecule has 1 aromatic carbocycles. The van der Waals surface area contributed by atoms with Gasteiger partial charge in [0.15, 0.2) is 0 Å². The highest BCUT2D eigenvalue weighted by atomic mass is 16.1. The Morgan fingerprint density at radius 3 is 2.72 bits per heavy atom. The molecule has 0 aliphatic carbocycles. The number of unbranched alkanes of at least 4 members (excludes halogenated alkanes) is 1. The van der Waals surface area contributed by atoms with Gasteiger partial charge in [-0.2, -0.15) is 0 Å². The molecule has 0 heterocycles. The van der Waals surface area contributed by atoms with Crippen LogP contribution in [0, 0.1) is 11.8 Å². The van der Waals surface area contributed by atoms with E-state index in [0.717, 1.165) is 12.8 Å². The molecule has 0 N–H and O–H groups in total. The van der Waals surface area contributed by atoms with Crippen LogP contribution in [0.25, 0.3) is 6.08 Å². The molecule has 0 fully saturated rings. The first kappa shape index (κ1) is 14.3. The summed E-state index contributed by atoms with van der Waals surface area (Å²) in [5.74, 6) is 6.05. The van der Waals surface area contributed by atoms with E-state index < -0.39 is 0 Å². The molecule has 94 valence electrons. The number of hydrogen-bond donors (Lipinski definition) is 0. The molecule has 1 heteroatoms. The quantitative estimate of drug-likeness (QED) is 0.514. The van der Waals surface area contributed by atoms with Gasteiger partial charge in [0, 0.05) is 19.3 Å².